The summed E-state index contributed by atoms with van der Waals surface area (Å²) >= 11 is 6.38. The molecule has 0 aliphatic heterocycles. The van der Waals surface area contributed by atoms with Crippen LogP contribution in [-0.4, -0.2) is 27.4 Å². The van der Waals surface area contributed by atoms with Gasteiger partial charge in [0.15, 0.2) is 0 Å². The van der Waals surface area contributed by atoms with E-state index in [1.165, 1.54) is 0 Å². The van der Waals surface area contributed by atoms with E-state index < -0.39 is 0 Å². The molecule has 1 rings (SSSR count). The maximum atomic E-state index is 7.91. The fourth-order valence-corrected chi connectivity index (χ4v) is 1.16. The van der Waals surface area contributed by atoms with Crippen molar-refractivity contribution >= 4 is 29.5 Å². The standard InChI is InChI=1S/C7H10ClN3O3S/c1-5(4-8)9-6-2-3-7(11-10-6)15-14-13-12/h2-3,5,12H,4H2,1H3,(H,9,10). The van der Waals surface area contributed by atoms with Crippen molar-refractivity contribution in [1.29, 1.82) is 0 Å². The molecule has 0 radical (unpaired) electrons. The zero-order valence-electron chi connectivity index (χ0n) is 7.88. The minimum atomic E-state index is 0.122. The summed E-state index contributed by atoms with van der Waals surface area (Å²) in [5.41, 5.74) is 0. The van der Waals surface area contributed by atoms with Crippen molar-refractivity contribution in [3.05, 3.63) is 12.1 Å². The van der Waals surface area contributed by atoms with Gasteiger partial charge in [-0.25, -0.2) is 5.26 Å². The van der Waals surface area contributed by atoms with Crippen LogP contribution < -0.4 is 5.32 Å². The Morgan fingerprint density at radius 3 is 2.93 bits per heavy atom. The zero-order valence-corrected chi connectivity index (χ0v) is 9.46. The summed E-state index contributed by atoms with van der Waals surface area (Å²) < 4.78 is 4.19. The van der Waals surface area contributed by atoms with Gasteiger partial charge in [0.2, 0.25) is 0 Å². The Bertz CT molecular complexity index is 287. The van der Waals surface area contributed by atoms with Crippen molar-refractivity contribution < 1.29 is 14.6 Å². The maximum absolute atomic E-state index is 7.91. The molecule has 84 valence electrons. The monoisotopic (exact) mass is 251 g/mol. The van der Waals surface area contributed by atoms with Crippen LogP contribution in [0, 0.1) is 0 Å². The minimum Gasteiger partial charge on any atom is -0.365 e. The molecule has 1 heterocycles. The third kappa shape index (κ3) is 4.63. The summed E-state index contributed by atoms with van der Waals surface area (Å²) in [6, 6.07) is 3.51. The van der Waals surface area contributed by atoms with Crippen molar-refractivity contribution in [2.45, 2.75) is 18.0 Å². The van der Waals surface area contributed by atoms with Gasteiger partial charge >= 0.3 is 0 Å². The highest BCUT2D eigenvalue weighted by molar-refractivity contribution is 7.94. The lowest BCUT2D eigenvalue weighted by atomic mass is 10.4. The second-order valence-electron chi connectivity index (χ2n) is 2.68. The molecule has 1 atom stereocenters. The van der Waals surface area contributed by atoms with Gasteiger partial charge in [-0.15, -0.1) is 26.1 Å². The Morgan fingerprint density at radius 1 is 1.60 bits per heavy atom. The Morgan fingerprint density at radius 2 is 2.40 bits per heavy atom. The van der Waals surface area contributed by atoms with Crippen LogP contribution in [0.4, 0.5) is 5.82 Å². The zero-order chi connectivity index (χ0) is 11.1. The molecule has 0 saturated carbocycles. The smallest absolute Gasteiger partial charge is 0.149 e. The molecule has 1 unspecified atom stereocenters. The average Bonchev–Trinajstić information content (AvgIpc) is 2.28. The van der Waals surface area contributed by atoms with Crippen LogP contribution >= 0.6 is 23.6 Å². The van der Waals surface area contributed by atoms with Crippen LogP contribution in [0.25, 0.3) is 0 Å². The van der Waals surface area contributed by atoms with Gasteiger partial charge < -0.3 is 5.32 Å². The summed E-state index contributed by atoms with van der Waals surface area (Å²) in [5, 5.41) is 22.5. The molecule has 0 saturated heterocycles. The summed E-state index contributed by atoms with van der Waals surface area (Å²) in [5.74, 6) is 1.11. The number of nitrogens with zero attached hydrogens (tertiary/aromatic N) is 2. The molecule has 1 aromatic heterocycles. The van der Waals surface area contributed by atoms with Crippen LogP contribution in [0.1, 0.15) is 6.92 Å². The Hall–Kier alpha value is -0.600. The number of aromatic nitrogens is 2. The number of halogens is 1. The van der Waals surface area contributed by atoms with Gasteiger partial charge in [0, 0.05) is 11.9 Å². The number of hydrogen-bond donors (Lipinski definition) is 2. The van der Waals surface area contributed by atoms with E-state index in [1.54, 1.807) is 12.1 Å². The molecule has 0 bridgehead atoms. The van der Waals surface area contributed by atoms with E-state index in [0.717, 1.165) is 12.0 Å². The first-order valence-corrected chi connectivity index (χ1v) is 5.35. The number of hydrogen-bond acceptors (Lipinski definition) is 7. The molecule has 1 aromatic rings. The lowest BCUT2D eigenvalue weighted by Crippen LogP contribution is -2.17. The molecule has 0 fully saturated rings. The lowest BCUT2D eigenvalue weighted by Gasteiger charge is -2.09. The molecular weight excluding hydrogens is 242 g/mol. The van der Waals surface area contributed by atoms with Crippen LogP contribution in [0.15, 0.2) is 17.2 Å². The van der Waals surface area contributed by atoms with E-state index in [1.807, 2.05) is 6.92 Å². The first kappa shape index (κ1) is 12.5. The van der Waals surface area contributed by atoms with E-state index >= 15 is 0 Å². The minimum absolute atomic E-state index is 0.122. The van der Waals surface area contributed by atoms with E-state index in [0.29, 0.717) is 16.7 Å². The molecular formula is C7H10ClN3O3S. The molecule has 2 N–H and O–H groups in total. The topological polar surface area (TPSA) is 76.5 Å². The second kappa shape index (κ2) is 6.81. The van der Waals surface area contributed by atoms with Gasteiger partial charge in [0.1, 0.15) is 10.8 Å². The van der Waals surface area contributed by atoms with Crippen LogP contribution in [-0.2, 0) is 9.37 Å². The van der Waals surface area contributed by atoms with E-state index in [-0.39, 0.29) is 6.04 Å². The molecule has 15 heavy (non-hydrogen) atoms. The number of nitrogens with one attached hydrogen (secondary N) is 1. The Kier molecular flexibility index (Phi) is 5.66. The first-order chi connectivity index (χ1) is 7.26. The maximum Gasteiger partial charge on any atom is 0.149 e. The molecule has 0 spiro atoms. The molecule has 0 amide bonds. The van der Waals surface area contributed by atoms with E-state index in [9.17, 15) is 0 Å². The number of alkyl halides is 1. The molecule has 8 heteroatoms. The normalized spacial score (nSPS) is 12.5. The first-order valence-electron chi connectivity index (χ1n) is 4.07. The third-order valence-corrected chi connectivity index (χ3v) is 2.40. The highest BCUT2D eigenvalue weighted by atomic mass is 35.5. The third-order valence-electron chi connectivity index (χ3n) is 1.42. The number of anilines is 1. The fraction of sp³-hybridized carbons (Fsp3) is 0.429. The van der Waals surface area contributed by atoms with Crippen molar-refractivity contribution in [2.75, 3.05) is 11.2 Å². The lowest BCUT2D eigenvalue weighted by molar-refractivity contribution is -0.432. The molecule has 0 aromatic carbocycles. The van der Waals surface area contributed by atoms with Crippen LogP contribution in [0.2, 0.25) is 0 Å². The van der Waals surface area contributed by atoms with Crippen molar-refractivity contribution in [2.24, 2.45) is 0 Å². The van der Waals surface area contributed by atoms with Gasteiger partial charge in [-0.1, -0.05) is 5.04 Å². The Balaban J connectivity index is 2.48. The van der Waals surface area contributed by atoms with Gasteiger partial charge in [-0.3, -0.25) is 0 Å². The molecule has 0 aliphatic carbocycles. The van der Waals surface area contributed by atoms with E-state index in [2.05, 4.69) is 24.9 Å². The summed E-state index contributed by atoms with van der Waals surface area (Å²) in [7, 11) is 0. The average molecular weight is 252 g/mol. The van der Waals surface area contributed by atoms with Gasteiger partial charge in [-0.05, 0) is 19.1 Å². The van der Waals surface area contributed by atoms with Crippen LogP contribution in [0.5, 0.6) is 0 Å². The number of rotatable bonds is 6. The van der Waals surface area contributed by atoms with Crippen molar-refractivity contribution in [1.82, 2.24) is 10.2 Å². The summed E-state index contributed by atoms with van der Waals surface area (Å²) in [6.07, 6.45) is 0. The van der Waals surface area contributed by atoms with Gasteiger partial charge in [0.05, 0.1) is 12.0 Å². The molecule has 6 nitrogen and oxygen atoms in total. The largest absolute Gasteiger partial charge is 0.365 e. The SMILES string of the molecule is CC(CCl)Nc1ccc(SOOO)nn1. The highest BCUT2D eigenvalue weighted by Gasteiger charge is 2.03. The predicted molar refractivity (Wildman–Crippen MR) is 56.5 cm³/mol. The fourth-order valence-electron chi connectivity index (χ4n) is 0.783. The summed E-state index contributed by atoms with van der Waals surface area (Å²) in [4.78, 5) is 0. The predicted octanol–water partition coefficient (Wildman–Crippen LogP) is 1.94. The second-order valence-corrected chi connectivity index (χ2v) is 3.71. The van der Waals surface area contributed by atoms with Gasteiger partial charge in [-0.2, -0.15) is 0 Å². The van der Waals surface area contributed by atoms with Crippen molar-refractivity contribution in [3.8, 4) is 0 Å². The summed E-state index contributed by atoms with van der Waals surface area (Å²) in [6.45, 7) is 1.93. The van der Waals surface area contributed by atoms with Crippen LogP contribution in [0.3, 0.4) is 0 Å². The van der Waals surface area contributed by atoms with E-state index in [4.69, 9.17) is 16.9 Å². The quantitative estimate of drug-likeness (QED) is 0.346. The highest BCUT2D eigenvalue weighted by Crippen LogP contribution is 2.16. The van der Waals surface area contributed by atoms with Crippen molar-refractivity contribution in [3.63, 3.8) is 0 Å². The van der Waals surface area contributed by atoms with Gasteiger partial charge in [0.25, 0.3) is 0 Å². The molecule has 0 aliphatic rings. The Labute approximate surface area is 96.0 Å².